The first-order chi connectivity index (χ1) is 8.40. The number of rotatable bonds is 4. The molecule has 1 rings (SSSR count). The molecule has 6 heteroatoms. The van der Waals surface area contributed by atoms with E-state index in [1.54, 1.807) is 0 Å². The van der Waals surface area contributed by atoms with Crippen LogP contribution in [0.15, 0.2) is 28.7 Å². The van der Waals surface area contributed by atoms with E-state index in [2.05, 4.69) is 26.6 Å². The second-order valence-electron chi connectivity index (χ2n) is 3.95. The Labute approximate surface area is 114 Å². The molecule has 0 aliphatic carbocycles. The van der Waals surface area contributed by atoms with Crippen molar-refractivity contribution in [1.29, 1.82) is 0 Å². The van der Waals surface area contributed by atoms with Gasteiger partial charge in [0.25, 0.3) is 0 Å². The minimum absolute atomic E-state index is 0.205. The van der Waals surface area contributed by atoms with Crippen LogP contribution in [-0.4, -0.2) is 23.1 Å². The van der Waals surface area contributed by atoms with Crippen LogP contribution in [0.25, 0.3) is 0 Å². The molecule has 1 aromatic rings. The molecule has 0 saturated carbocycles. The number of carboxylic acids is 1. The number of aliphatic carboxylic acids is 1. The van der Waals surface area contributed by atoms with Gasteiger partial charge in [0, 0.05) is 4.47 Å². The molecular weight excluding hydrogens is 300 g/mol. The number of carboxylic acid groups (broad SMARTS) is 1. The van der Waals surface area contributed by atoms with Gasteiger partial charge < -0.3 is 15.7 Å². The minimum atomic E-state index is -1.07. The van der Waals surface area contributed by atoms with Gasteiger partial charge in [-0.25, -0.2) is 4.79 Å². The fraction of sp³-hybridized carbons (Fsp3) is 0.333. The molecule has 18 heavy (non-hydrogen) atoms. The van der Waals surface area contributed by atoms with Gasteiger partial charge in [-0.2, -0.15) is 0 Å². The second kappa shape index (κ2) is 6.39. The van der Waals surface area contributed by atoms with Crippen LogP contribution in [0.2, 0.25) is 0 Å². The van der Waals surface area contributed by atoms with Crippen LogP contribution >= 0.6 is 15.9 Å². The molecular formula is C12H15BrN2O3. The van der Waals surface area contributed by atoms with Crippen LogP contribution in [-0.2, 0) is 4.79 Å². The molecule has 0 fully saturated rings. The van der Waals surface area contributed by atoms with E-state index in [1.165, 1.54) is 6.92 Å². The molecule has 0 aromatic heterocycles. The van der Waals surface area contributed by atoms with Gasteiger partial charge in [0.15, 0.2) is 0 Å². The van der Waals surface area contributed by atoms with Crippen molar-refractivity contribution in [3.05, 3.63) is 34.3 Å². The predicted molar refractivity (Wildman–Crippen MR) is 71.3 cm³/mol. The molecule has 0 aliphatic rings. The van der Waals surface area contributed by atoms with Crippen molar-refractivity contribution in [3.8, 4) is 0 Å². The molecule has 5 nitrogen and oxygen atoms in total. The van der Waals surface area contributed by atoms with Gasteiger partial charge in [-0.3, -0.25) is 4.79 Å². The van der Waals surface area contributed by atoms with Crippen LogP contribution in [0, 0.1) is 0 Å². The van der Waals surface area contributed by atoms with Gasteiger partial charge in [-0.15, -0.1) is 0 Å². The summed E-state index contributed by atoms with van der Waals surface area (Å²) < 4.78 is 0.924. The maximum atomic E-state index is 11.5. The Morgan fingerprint density at radius 1 is 1.28 bits per heavy atom. The van der Waals surface area contributed by atoms with E-state index in [1.807, 2.05) is 31.2 Å². The molecule has 1 aromatic carbocycles. The molecule has 2 amide bonds. The second-order valence-corrected chi connectivity index (χ2v) is 4.87. The highest BCUT2D eigenvalue weighted by molar-refractivity contribution is 9.10. The third-order valence-corrected chi connectivity index (χ3v) is 2.91. The average Bonchev–Trinajstić information content (AvgIpc) is 2.28. The van der Waals surface area contributed by atoms with Gasteiger partial charge in [0.2, 0.25) is 0 Å². The summed E-state index contributed by atoms with van der Waals surface area (Å²) >= 11 is 3.35. The first-order valence-corrected chi connectivity index (χ1v) is 6.24. The number of amides is 2. The third-order valence-electron chi connectivity index (χ3n) is 2.41. The third kappa shape index (κ3) is 4.37. The van der Waals surface area contributed by atoms with E-state index >= 15 is 0 Å². The lowest BCUT2D eigenvalue weighted by Crippen LogP contribution is -2.45. The Morgan fingerprint density at radius 2 is 1.94 bits per heavy atom. The number of benzene rings is 1. The summed E-state index contributed by atoms with van der Waals surface area (Å²) in [5.74, 6) is -1.07. The van der Waals surface area contributed by atoms with Crippen LogP contribution in [0.3, 0.4) is 0 Å². The van der Waals surface area contributed by atoms with Crippen LogP contribution in [0.5, 0.6) is 0 Å². The first kappa shape index (κ1) is 14.5. The lowest BCUT2D eigenvalue weighted by atomic mass is 10.1. The maximum Gasteiger partial charge on any atom is 0.325 e. The normalized spacial score (nSPS) is 13.5. The summed E-state index contributed by atoms with van der Waals surface area (Å²) in [5, 5.41) is 13.7. The summed E-state index contributed by atoms with van der Waals surface area (Å²) in [6, 6.07) is 5.92. The molecule has 98 valence electrons. The fourth-order valence-electron chi connectivity index (χ4n) is 1.36. The van der Waals surface area contributed by atoms with Crippen LogP contribution in [0.4, 0.5) is 4.79 Å². The molecule has 0 radical (unpaired) electrons. The zero-order valence-corrected chi connectivity index (χ0v) is 11.7. The van der Waals surface area contributed by atoms with E-state index in [-0.39, 0.29) is 6.04 Å². The molecule has 1 unspecified atom stereocenters. The van der Waals surface area contributed by atoms with Gasteiger partial charge in [0.05, 0.1) is 6.04 Å². The Hall–Kier alpha value is -1.56. The van der Waals surface area contributed by atoms with Gasteiger partial charge >= 0.3 is 12.0 Å². The fourth-order valence-corrected chi connectivity index (χ4v) is 1.77. The zero-order valence-electron chi connectivity index (χ0n) is 10.1. The van der Waals surface area contributed by atoms with E-state index in [9.17, 15) is 9.59 Å². The Morgan fingerprint density at radius 3 is 2.50 bits per heavy atom. The van der Waals surface area contributed by atoms with Gasteiger partial charge in [0.1, 0.15) is 6.04 Å². The van der Waals surface area contributed by atoms with Crippen molar-refractivity contribution in [3.63, 3.8) is 0 Å². The smallest absolute Gasteiger partial charge is 0.325 e. The van der Waals surface area contributed by atoms with Crippen molar-refractivity contribution in [1.82, 2.24) is 10.6 Å². The number of carbonyl (C=O) groups excluding carboxylic acids is 1. The summed E-state index contributed by atoms with van der Waals surface area (Å²) in [7, 11) is 0. The molecule has 0 bridgehead atoms. The van der Waals surface area contributed by atoms with Crippen LogP contribution in [0.1, 0.15) is 25.5 Å². The van der Waals surface area contributed by atoms with Crippen LogP contribution < -0.4 is 10.6 Å². The number of halogens is 1. The van der Waals surface area contributed by atoms with Crippen molar-refractivity contribution >= 4 is 27.9 Å². The predicted octanol–water partition coefficient (Wildman–Crippen LogP) is 2.28. The van der Waals surface area contributed by atoms with Gasteiger partial charge in [-0.1, -0.05) is 28.1 Å². The van der Waals surface area contributed by atoms with E-state index in [0.29, 0.717) is 0 Å². The molecule has 0 saturated heterocycles. The number of hydrogen-bond acceptors (Lipinski definition) is 2. The number of urea groups is 1. The molecule has 0 aliphatic heterocycles. The highest BCUT2D eigenvalue weighted by atomic mass is 79.9. The van der Waals surface area contributed by atoms with Gasteiger partial charge in [-0.05, 0) is 31.5 Å². The quantitative estimate of drug-likeness (QED) is 0.797. The highest BCUT2D eigenvalue weighted by Crippen LogP contribution is 2.17. The monoisotopic (exact) mass is 314 g/mol. The van der Waals surface area contributed by atoms with Crippen molar-refractivity contribution in [2.24, 2.45) is 0 Å². The summed E-state index contributed by atoms with van der Waals surface area (Å²) in [4.78, 5) is 22.1. The minimum Gasteiger partial charge on any atom is -0.480 e. The number of hydrogen-bond donors (Lipinski definition) is 3. The van der Waals surface area contributed by atoms with E-state index in [0.717, 1.165) is 10.0 Å². The maximum absolute atomic E-state index is 11.5. The van der Waals surface area contributed by atoms with Crippen molar-refractivity contribution < 1.29 is 14.7 Å². The largest absolute Gasteiger partial charge is 0.480 e. The first-order valence-electron chi connectivity index (χ1n) is 5.45. The summed E-state index contributed by atoms with van der Waals surface area (Å²) in [6.07, 6.45) is 0. The molecule has 0 heterocycles. The Bertz CT molecular complexity index is 451. The molecule has 2 atom stereocenters. The lowest BCUT2D eigenvalue weighted by molar-refractivity contribution is -0.138. The van der Waals surface area contributed by atoms with Crippen molar-refractivity contribution in [2.75, 3.05) is 0 Å². The Balaban J connectivity index is 2.57. The Kier molecular flexibility index (Phi) is 5.15. The summed E-state index contributed by atoms with van der Waals surface area (Å²) in [6.45, 7) is 3.23. The number of nitrogens with one attached hydrogen (secondary N) is 2. The average molecular weight is 315 g/mol. The summed E-state index contributed by atoms with van der Waals surface area (Å²) in [5.41, 5.74) is 0.933. The van der Waals surface area contributed by atoms with E-state index in [4.69, 9.17) is 5.11 Å². The standard InChI is InChI=1S/C12H15BrN2O3/c1-7(9-4-3-5-10(13)6-9)14-12(18)15-8(2)11(16)17/h3-8H,1-2H3,(H,16,17)(H2,14,15,18)/t7?,8-/m1/s1. The molecule has 0 spiro atoms. The van der Waals surface area contributed by atoms with E-state index < -0.39 is 18.0 Å². The molecule has 3 N–H and O–H groups in total. The topological polar surface area (TPSA) is 78.4 Å². The highest BCUT2D eigenvalue weighted by Gasteiger charge is 2.15. The SMILES string of the molecule is CC(NC(=O)N[C@H](C)C(=O)O)c1cccc(Br)c1. The zero-order chi connectivity index (χ0) is 13.7. The number of carbonyl (C=O) groups is 2. The van der Waals surface area contributed by atoms with Crippen molar-refractivity contribution in [2.45, 2.75) is 25.9 Å². The lowest BCUT2D eigenvalue weighted by Gasteiger charge is -2.16.